The van der Waals surface area contributed by atoms with Crippen molar-refractivity contribution in [2.24, 2.45) is 5.73 Å². The number of hydrogen-bond donors (Lipinski definition) is 1. The molecule has 3 nitrogen and oxygen atoms in total. The third-order valence-corrected chi connectivity index (χ3v) is 3.29. The van der Waals surface area contributed by atoms with Crippen LogP contribution in [0.2, 0.25) is 0 Å². The first kappa shape index (κ1) is 11.3. The number of hydrogen-bond acceptors (Lipinski definition) is 2. The lowest BCUT2D eigenvalue weighted by molar-refractivity contribution is 0.553. The van der Waals surface area contributed by atoms with Crippen LogP contribution in [-0.2, 0) is 12.8 Å². The van der Waals surface area contributed by atoms with E-state index in [4.69, 9.17) is 18.0 Å². The summed E-state index contributed by atoms with van der Waals surface area (Å²) in [6.07, 6.45) is 3.13. The Morgan fingerprint density at radius 1 is 1.50 bits per heavy atom. The first-order valence-corrected chi connectivity index (χ1v) is 6.00. The topological polar surface area (TPSA) is 48.0 Å². The van der Waals surface area contributed by atoms with E-state index in [2.05, 4.69) is 0 Å². The molecule has 0 saturated carbocycles. The highest BCUT2D eigenvalue weighted by molar-refractivity contribution is 7.80. The van der Waals surface area contributed by atoms with E-state index in [-0.39, 0.29) is 16.6 Å². The highest BCUT2D eigenvalue weighted by Crippen LogP contribution is 2.23. The van der Waals surface area contributed by atoms with Crippen molar-refractivity contribution in [1.29, 1.82) is 0 Å². The maximum absolute atomic E-state index is 12.2. The fourth-order valence-corrected chi connectivity index (χ4v) is 2.54. The minimum atomic E-state index is -0.0387. The molecule has 1 heterocycles. The summed E-state index contributed by atoms with van der Waals surface area (Å²) in [7, 11) is 0. The molecule has 0 fully saturated rings. The Kier molecular flexibility index (Phi) is 2.84. The predicted octanol–water partition coefficient (Wildman–Crippen LogP) is 1.55. The van der Waals surface area contributed by atoms with Gasteiger partial charge < -0.3 is 10.3 Å². The average Bonchev–Trinajstić information content (AvgIpc) is 2.62. The summed E-state index contributed by atoms with van der Waals surface area (Å²) in [5, 5.41) is 0. The Labute approximate surface area is 100 Å². The largest absolute Gasteiger partial charge is 0.389 e. The standard InChI is InChI=1S/C12H16N2OS/c1-7(2)14-10-5-3-4-8(10)6-9(11(13)16)12(14)15/h6-7H,3-5H2,1-2H3,(H2,13,16). The van der Waals surface area contributed by atoms with Crippen LogP contribution in [0.1, 0.15) is 43.1 Å². The van der Waals surface area contributed by atoms with Gasteiger partial charge in [-0.2, -0.15) is 0 Å². The number of nitrogens with two attached hydrogens (primary N) is 1. The number of pyridine rings is 1. The van der Waals surface area contributed by atoms with E-state index in [0.717, 1.165) is 19.3 Å². The van der Waals surface area contributed by atoms with Crippen molar-refractivity contribution in [3.05, 3.63) is 33.2 Å². The van der Waals surface area contributed by atoms with Crippen LogP contribution in [0.4, 0.5) is 0 Å². The molecule has 16 heavy (non-hydrogen) atoms. The third kappa shape index (κ3) is 1.67. The number of thiocarbonyl (C=S) groups is 1. The zero-order chi connectivity index (χ0) is 11.9. The van der Waals surface area contributed by atoms with E-state index in [1.807, 2.05) is 24.5 Å². The quantitative estimate of drug-likeness (QED) is 0.793. The smallest absolute Gasteiger partial charge is 0.261 e. The predicted molar refractivity (Wildman–Crippen MR) is 69.0 cm³/mol. The van der Waals surface area contributed by atoms with Gasteiger partial charge in [0.2, 0.25) is 0 Å². The maximum atomic E-state index is 12.2. The van der Waals surface area contributed by atoms with Crippen LogP contribution in [0, 0.1) is 0 Å². The summed E-state index contributed by atoms with van der Waals surface area (Å²) < 4.78 is 1.84. The minimum absolute atomic E-state index is 0.0387. The van der Waals surface area contributed by atoms with Crippen LogP contribution >= 0.6 is 12.2 Å². The van der Waals surface area contributed by atoms with E-state index in [1.54, 1.807) is 0 Å². The Bertz CT molecular complexity index is 502. The molecule has 1 aliphatic carbocycles. The lowest BCUT2D eigenvalue weighted by Crippen LogP contribution is -2.32. The van der Waals surface area contributed by atoms with Gasteiger partial charge in [-0.05, 0) is 44.7 Å². The Balaban J connectivity index is 2.75. The van der Waals surface area contributed by atoms with E-state index in [1.165, 1.54) is 11.3 Å². The van der Waals surface area contributed by atoms with Crippen LogP contribution < -0.4 is 11.3 Å². The highest BCUT2D eigenvalue weighted by Gasteiger charge is 2.21. The van der Waals surface area contributed by atoms with Gasteiger partial charge in [0.05, 0.1) is 5.56 Å². The Hall–Kier alpha value is -1.16. The number of rotatable bonds is 2. The molecule has 0 bridgehead atoms. The van der Waals surface area contributed by atoms with Gasteiger partial charge >= 0.3 is 0 Å². The molecule has 0 aliphatic heterocycles. The summed E-state index contributed by atoms with van der Waals surface area (Å²) in [4.78, 5) is 12.4. The lowest BCUT2D eigenvalue weighted by Gasteiger charge is -2.17. The fraction of sp³-hybridized carbons (Fsp3) is 0.500. The van der Waals surface area contributed by atoms with Crippen molar-refractivity contribution < 1.29 is 0 Å². The summed E-state index contributed by atoms with van der Waals surface area (Å²) in [5.74, 6) is 0. The number of aromatic nitrogens is 1. The summed E-state index contributed by atoms with van der Waals surface area (Å²) in [5.41, 5.74) is 8.45. The average molecular weight is 236 g/mol. The van der Waals surface area contributed by atoms with Gasteiger partial charge in [-0.1, -0.05) is 12.2 Å². The molecule has 0 spiro atoms. The molecule has 1 aromatic rings. The second-order valence-electron chi connectivity index (χ2n) is 4.52. The van der Waals surface area contributed by atoms with Crippen molar-refractivity contribution in [1.82, 2.24) is 4.57 Å². The Morgan fingerprint density at radius 2 is 2.19 bits per heavy atom. The van der Waals surface area contributed by atoms with Crippen molar-refractivity contribution in [2.75, 3.05) is 0 Å². The zero-order valence-electron chi connectivity index (χ0n) is 9.62. The van der Waals surface area contributed by atoms with Gasteiger partial charge in [-0.25, -0.2) is 0 Å². The number of aryl methyl sites for hydroxylation is 1. The van der Waals surface area contributed by atoms with Gasteiger partial charge in [-0.3, -0.25) is 4.79 Å². The Morgan fingerprint density at radius 3 is 2.75 bits per heavy atom. The van der Waals surface area contributed by atoms with Gasteiger partial charge in [0.15, 0.2) is 0 Å². The van der Waals surface area contributed by atoms with Crippen molar-refractivity contribution in [3.63, 3.8) is 0 Å². The minimum Gasteiger partial charge on any atom is -0.389 e. The van der Waals surface area contributed by atoms with E-state index in [9.17, 15) is 4.79 Å². The molecule has 2 rings (SSSR count). The van der Waals surface area contributed by atoms with Crippen molar-refractivity contribution in [2.45, 2.75) is 39.2 Å². The molecule has 0 amide bonds. The first-order chi connectivity index (χ1) is 7.52. The van der Waals surface area contributed by atoms with Crippen molar-refractivity contribution >= 4 is 17.2 Å². The molecular weight excluding hydrogens is 220 g/mol. The van der Waals surface area contributed by atoms with E-state index >= 15 is 0 Å². The zero-order valence-corrected chi connectivity index (χ0v) is 10.4. The van der Waals surface area contributed by atoms with Crippen LogP contribution in [-0.4, -0.2) is 9.56 Å². The number of nitrogens with zero attached hydrogens (tertiary/aromatic N) is 1. The van der Waals surface area contributed by atoms with Crippen LogP contribution in [0.5, 0.6) is 0 Å². The summed E-state index contributed by atoms with van der Waals surface area (Å²) in [6.45, 7) is 4.03. The molecule has 1 aromatic heterocycles. The monoisotopic (exact) mass is 236 g/mol. The molecule has 0 aromatic carbocycles. The molecule has 0 radical (unpaired) electrons. The third-order valence-electron chi connectivity index (χ3n) is 3.07. The fourth-order valence-electron chi connectivity index (χ4n) is 2.39. The van der Waals surface area contributed by atoms with E-state index in [0.29, 0.717) is 5.56 Å². The van der Waals surface area contributed by atoms with Gasteiger partial charge in [0, 0.05) is 11.7 Å². The highest BCUT2D eigenvalue weighted by atomic mass is 32.1. The summed E-state index contributed by atoms with van der Waals surface area (Å²) in [6, 6.07) is 2.04. The molecule has 86 valence electrons. The molecule has 0 saturated heterocycles. The van der Waals surface area contributed by atoms with Crippen LogP contribution in [0.15, 0.2) is 10.9 Å². The second kappa shape index (κ2) is 4.01. The molecule has 0 atom stereocenters. The van der Waals surface area contributed by atoms with Gasteiger partial charge in [0.25, 0.3) is 5.56 Å². The molecule has 4 heteroatoms. The normalized spacial score (nSPS) is 14.2. The van der Waals surface area contributed by atoms with E-state index < -0.39 is 0 Å². The second-order valence-corrected chi connectivity index (χ2v) is 4.96. The molecule has 2 N–H and O–H groups in total. The van der Waals surface area contributed by atoms with Crippen LogP contribution in [0.25, 0.3) is 0 Å². The van der Waals surface area contributed by atoms with Crippen molar-refractivity contribution in [3.8, 4) is 0 Å². The molecular formula is C12H16N2OS. The number of fused-ring (bicyclic) bond motifs is 1. The summed E-state index contributed by atoms with van der Waals surface area (Å²) >= 11 is 4.93. The van der Waals surface area contributed by atoms with Gasteiger partial charge in [-0.15, -0.1) is 0 Å². The van der Waals surface area contributed by atoms with Gasteiger partial charge in [0.1, 0.15) is 4.99 Å². The van der Waals surface area contributed by atoms with Crippen LogP contribution in [0.3, 0.4) is 0 Å². The maximum Gasteiger partial charge on any atom is 0.261 e. The molecule has 1 aliphatic rings. The SMILES string of the molecule is CC(C)n1c2c(cc(C(N)=S)c1=O)CCC2. The molecule has 0 unspecified atom stereocenters. The lowest BCUT2D eigenvalue weighted by atomic mass is 10.1. The first-order valence-electron chi connectivity index (χ1n) is 5.59.